The monoisotopic (exact) mass is 447 g/mol. The van der Waals surface area contributed by atoms with E-state index in [1.54, 1.807) is 17.5 Å². The van der Waals surface area contributed by atoms with E-state index in [-0.39, 0.29) is 0 Å². The number of benzene rings is 2. The molecule has 0 amide bonds. The van der Waals surface area contributed by atoms with E-state index in [9.17, 15) is 0 Å². The molecule has 0 spiro atoms. The molecular weight excluding hydrogens is 422 g/mol. The third kappa shape index (κ3) is 4.85. The van der Waals surface area contributed by atoms with Gasteiger partial charge in [0.2, 0.25) is 0 Å². The van der Waals surface area contributed by atoms with E-state index in [4.69, 9.17) is 19.9 Å². The van der Waals surface area contributed by atoms with Gasteiger partial charge in [-0.25, -0.2) is 0 Å². The number of nitrogen functional groups attached to an aromatic ring is 1. The smallest absolute Gasteiger partial charge is 0.148 e. The quantitative estimate of drug-likeness (QED) is 0.400. The van der Waals surface area contributed by atoms with Gasteiger partial charge in [0.05, 0.1) is 23.4 Å². The van der Waals surface area contributed by atoms with E-state index >= 15 is 0 Å². The first kappa shape index (κ1) is 20.8. The summed E-state index contributed by atoms with van der Waals surface area (Å²) in [6.07, 6.45) is 1.77. The normalized spacial score (nSPS) is 14.5. The molecule has 6 nitrogen and oxygen atoms in total. The van der Waals surface area contributed by atoms with Crippen molar-refractivity contribution in [2.75, 3.05) is 45.2 Å². The predicted octanol–water partition coefficient (Wildman–Crippen LogP) is 5.05. The summed E-state index contributed by atoms with van der Waals surface area (Å²) >= 11 is 1.67. The third-order valence-corrected chi connectivity index (χ3v) is 6.59. The van der Waals surface area contributed by atoms with Crippen molar-refractivity contribution >= 4 is 27.2 Å². The van der Waals surface area contributed by atoms with Crippen molar-refractivity contribution < 1.29 is 14.2 Å². The maximum Gasteiger partial charge on any atom is 0.148 e. The molecule has 0 aliphatic carbocycles. The summed E-state index contributed by atoms with van der Waals surface area (Å²) in [5, 5.41) is 0. The number of nitrogens with zero attached hydrogens (tertiary/aromatic N) is 2. The Morgan fingerprint density at radius 1 is 0.969 bits per heavy atom. The van der Waals surface area contributed by atoms with E-state index < -0.39 is 0 Å². The number of fused-ring (bicyclic) bond motifs is 1. The van der Waals surface area contributed by atoms with Crippen LogP contribution in [-0.4, -0.2) is 49.3 Å². The molecule has 0 atom stereocenters. The zero-order chi connectivity index (χ0) is 21.8. The Balaban J connectivity index is 1.27. The lowest BCUT2D eigenvalue weighted by atomic mass is 10.2. The van der Waals surface area contributed by atoms with Crippen molar-refractivity contribution in [1.82, 2.24) is 9.88 Å². The zero-order valence-electron chi connectivity index (χ0n) is 17.7. The minimum Gasteiger partial charge on any atom is -0.492 e. The predicted molar refractivity (Wildman–Crippen MR) is 129 cm³/mol. The topological polar surface area (TPSA) is 69.8 Å². The van der Waals surface area contributed by atoms with Gasteiger partial charge in [-0.05, 0) is 60.2 Å². The summed E-state index contributed by atoms with van der Waals surface area (Å²) < 4.78 is 18.4. The first-order chi connectivity index (χ1) is 15.7. The van der Waals surface area contributed by atoms with E-state index in [0.29, 0.717) is 12.3 Å². The molecule has 1 saturated heterocycles. The summed E-state index contributed by atoms with van der Waals surface area (Å²) in [7, 11) is 0. The number of morpholine rings is 1. The van der Waals surface area contributed by atoms with Crippen molar-refractivity contribution in [3.63, 3.8) is 0 Å². The maximum absolute atomic E-state index is 6.09. The molecule has 0 saturated carbocycles. The van der Waals surface area contributed by atoms with E-state index in [2.05, 4.69) is 28.1 Å². The number of hydrogen-bond acceptors (Lipinski definition) is 7. The Labute approximate surface area is 191 Å². The van der Waals surface area contributed by atoms with Gasteiger partial charge in [-0.1, -0.05) is 0 Å². The summed E-state index contributed by atoms with van der Waals surface area (Å²) in [4.78, 5) is 8.03. The molecule has 2 N–H and O–H groups in total. The summed E-state index contributed by atoms with van der Waals surface area (Å²) in [6.45, 7) is 5.18. The van der Waals surface area contributed by atoms with Crippen molar-refractivity contribution in [2.24, 2.45) is 0 Å². The average Bonchev–Trinajstić information content (AvgIpc) is 3.27. The van der Waals surface area contributed by atoms with Crippen LogP contribution in [0.3, 0.4) is 0 Å². The summed E-state index contributed by atoms with van der Waals surface area (Å²) in [5.41, 5.74) is 8.53. The number of ether oxygens (including phenoxy) is 3. The van der Waals surface area contributed by atoms with Gasteiger partial charge >= 0.3 is 0 Å². The van der Waals surface area contributed by atoms with Crippen LogP contribution >= 0.6 is 11.3 Å². The maximum atomic E-state index is 6.09. The number of anilines is 1. The highest BCUT2D eigenvalue weighted by atomic mass is 32.1. The molecule has 32 heavy (non-hydrogen) atoms. The average molecular weight is 448 g/mol. The second kappa shape index (κ2) is 9.56. The largest absolute Gasteiger partial charge is 0.492 e. The fourth-order valence-corrected chi connectivity index (χ4v) is 4.70. The van der Waals surface area contributed by atoms with Crippen LogP contribution in [0.5, 0.6) is 17.2 Å². The number of nitrogens with two attached hydrogens (primary N) is 1. The fraction of sp³-hybridized carbons (Fsp3) is 0.240. The SMILES string of the molecule is Nc1ccc(Oc2ccnc3cc(-c4ccc(OCCN5CCOCC5)cc4)sc23)cc1. The molecule has 5 rings (SSSR count). The van der Waals surface area contributed by atoms with Gasteiger partial charge in [0.25, 0.3) is 0 Å². The molecule has 164 valence electrons. The molecule has 2 aromatic carbocycles. The second-order valence-electron chi connectivity index (χ2n) is 7.63. The molecule has 0 unspecified atom stereocenters. The highest BCUT2D eigenvalue weighted by molar-refractivity contribution is 7.22. The lowest BCUT2D eigenvalue weighted by Gasteiger charge is -2.26. The first-order valence-electron chi connectivity index (χ1n) is 10.7. The summed E-state index contributed by atoms with van der Waals surface area (Å²) in [5.74, 6) is 2.42. The molecule has 1 aliphatic heterocycles. The highest BCUT2D eigenvalue weighted by Crippen LogP contribution is 2.39. The molecule has 7 heteroatoms. The molecule has 1 fully saturated rings. The first-order valence-corrected chi connectivity index (χ1v) is 11.5. The Bertz CT molecular complexity index is 1170. The minimum atomic E-state index is 0.679. The van der Waals surface area contributed by atoms with Crippen LogP contribution in [0.4, 0.5) is 5.69 Å². The van der Waals surface area contributed by atoms with Crippen molar-refractivity contribution in [3.8, 4) is 27.7 Å². The van der Waals surface area contributed by atoms with Crippen LogP contribution in [0, 0.1) is 0 Å². The Morgan fingerprint density at radius 3 is 2.50 bits per heavy atom. The molecule has 0 bridgehead atoms. The standard InChI is InChI=1S/C25H25N3O3S/c26-19-3-7-21(8-4-19)31-23-9-10-27-22-17-24(32-25(22)23)18-1-5-20(6-2-18)30-16-13-28-11-14-29-15-12-28/h1-10,17H,11-16,26H2. The lowest BCUT2D eigenvalue weighted by Crippen LogP contribution is -2.38. The van der Waals surface area contributed by atoms with Gasteiger partial charge in [0.15, 0.2) is 0 Å². The van der Waals surface area contributed by atoms with E-state index in [0.717, 1.165) is 70.8 Å². The molecule has 3 heterocycles. The number of hydrogen-bond donors (Lipinski definition) is 1. The second-order valence-corrected chi connectivity index (χ2v) is 8.68. The van der Waals surface area contributed by atoms with Gasteiger partial charge in [-0.15, -0.1) is 11.3 Å². The van der Waals surface area contributed by atoms with Gasteiger partial charge in [-0.3, -0.25) is 9.88 Å². The van der Waals surface area contributed by atoms with Crippen LogP contribution in [0.15, 0.2) is 66.9 Å². The van der Waals surface area contributed by atoms with Gasteiger partial charge in [0.1, 0.15) is 23.9 Å². The van der Waals surface area contributed by atoms with Crippen LogP contribution in [0.25, 0.3) is 20.7 Å². The van der Waals surface area contributed by atoms with Crippen molar-refractivity contribution in [1.29, 1.82) is 0 Å². The van der Waals surface area contributed by atoms with Crippen LogP contribution in [0.2, 0.25) is 0 Å². The van der Waals surface area contributed by atoms with E-state index in [1.165, 1.54) is 0 Å². The number of rotatable bonds is 7. The zero-order valence-corrected chi connectivity index (χ0v) is 18.5. The van der Waals surface area contributed by atoms with Crippen LogP contribution in [-0.2, 0) is 4.74 Å². The van der Waals surface area contributed by atoms with Crippen molar-refractivity contribution in [2.45, 2.75) is 0 Å². The van der Waals surface area contributed by atoms with E-state index in [1.807, 2.05) is 42.5 Å². The number of thiophene rings is 1. The Morgan fingerprint density at radius 2 is 1.72 bits per heavy atom. The van der Waals surface area contributed by atoms with Gasteiger partial charge in [0, 0.05) is 42.5 Å². The number of aromatic nitrogens is 1. The molecule has 1 aliphatic rings. The Hall–Kier alpha value is -3.13. The highest BCUT2D eigenvalue weighted by Gasteiger charge is 2.12. The molecular formula is C25H25N3O3S. The number of pyridine rings is 1. The lowest BCUT2D eigenvalue weighted by molar-refractivity contribution is 0.0322. The summed E-state index contributed by atoms with van der Waals surface area (Å²) in [6, 6.07) is 19.6. The van der Waals surface area contributed by atoms with Crippen LogP contribution in [0.1, 0.15) is 0 Å². The third-order valence-electron chi connectivity index (χ3n) is 5.40. The van der Waals surface area contributed by atoms with Crippen molar-refractivity contribution in [3.05, 3.63) is 66.9 Å². The fourth-order valence-electron chi connectivity index (χ4n) is 3.63. The van der Waals surface area contributed by atoms with Gasteiger partial charge in [-0.2, -0.15) is 0 Å². The van der Waals surface area contributed by atoms with Crippen LogP contribution < -0.4 is 15.2 Å². The van der Waals surface area contributed by atoms with Gasteiger partial charge < -0.3 is 19.9 Å². The minimum absolute atomic E-state index is 0.679. The molecule has 4 aromatic rings. The molecule has 2 aromatic heterocycles. The molecule has 0 radical (unpaired) electrons. The Kier molecular flexibility index (Phi) is 6.20.